The minimum atomic E-state index is -0.465. The summed E-state index contributed by atoms with van der Waals surface area (Å²) >= 11 is 0. The van der Waals surface area contributed by atoms with E-state index in [4.69, 9.17) is 8.94 Å². The van der Waals surface area contributed by atoms with Gasteiger partial charge in [-0.15, -0.1) is 0 Å². The van der Waals surface area contributed by atoms with Crippen LogP contribution in [0.25, 0.3) is 22.5 Å². The minimum absolute atomic E-state index is 0.402. The van der Waals surface area contributed by atoms with E-state index in [0.717, 1.165) is 12.0 Å². The maximum atomic E-state index is 11.1. The van der Waals surface area contributed by atoms with Gasteiger partial charge in [-0.25, -0.2) is 4.79 Å². The molecule has 1 aromatic carbocycles. The van der Waals surface area contributed by atoms with Crippen molar-refractivity contribution in [1.29, 1.82) is 0 Å². The molecule has 0 amide bonds. The molecule has 0 spiro atoms. The molecular formula is C13H11N3O3. The van der Waals surface area contributed by atoms with E-state index in [-0.39, 0.29) is 0 Å². The van der Waals surface area contributed by atoms with Gasteiger partial charge in [-0.05, 0) is 30.5 Å². The highest BCUT2D eigenvalue weighted by Gasteiger charge is 2.38. The average molecular weight is 257 g/mol. The molecule has 4 rings (SSSR count). The van der Waals surface area contributed by atoms with E-state index in [1.807, 2.05) is 6.07 Å². The number of nitrogens with zero attached hydrogens (tertiary/aromatic N) is 2. The molecule has 2 aromatic heterocycles. The predicted octanol–water partition coefficient (Wildman–Crippen LogP) is 2.29. The Labute approximate surface area is 107 Å². The molecule has 6 heteroatoms. The maximum Gasteiger partial charge on any atom is 0.417 e. The molecule has 19 heavy (non-hydrogen) atoms. The van der Waals surface area contributed by atoms with Gasteiger partial charge in [-0.1, -0.05) is 12.1 Å². The number of fused-ring (bicyclic) bond motifs is 1. The summed E-state index contributed by atoms with van der Waals surface area (Å²) in [6, 6.07) is 5.31. The summed E-state index contributed by atoms with van der Waals surface area (Å²) < 4.78 is 10.2. The quantitative estimate of drug-likeness (QED) is 0.761. The van der Waals surface area contributed by atoms with Crippen LogP contribution in [0.4, 0.5) is 0 Å². The lowest BCUT2D eigenvalue weighted by Gasteiger charge is -1.92. The van der Waals surface area contributed by atoms with Crippen LogP contribution in [0.3, 0.4) is 0 Å². The molecule has 1 aliphatic rings. The van der Waals surface area contributed by atoms with Crippen molar-refractivity contribution in [3.05, 3.63) is 34.6 Å². The molecule has 96 valence electrons. The van der Waals surface area contributed by atoms with Gasteiger partial charge in [0.15, 0.2) is 5.58 Å². The van der Waals surface area contributed by atoms with Crippen molar-refractivity contribution >= 4 is 11.1 Å². The van der Waals surface area contributed by atoms with Crippen LogP contribution < -0.4 is 5.76 Å². The molecule has 0 saturated heterocycles. The van der Waals surface area contributed by atoms with Crippen molar-refractivity contribution in [2.75, 3.05) is 0 Å². The molecule has 0 radical (unpaired) electrons. The van der Waals surface area contributed by atoms with Crippen LogP contribution in [0.2, 0.25) is 0 Å². The second-order valence-electron chi connectivity index (χ2n) is 5.00. The lowest BCUT2D eigenvalue weighted by atomic mass is 10.2. The van der Waals surface area contributed by atoms with Crippen molar-refractivity contribution < 1.29 is 8.94 Å². The Kier molecular flexibility index (Phi) is 1.98. The zero-order chi connectivity index (χ0) is 13.0. The van der Waals surface area contributed by atoms with Crippen LogP contribution in [0, 0.1) is 5.92 Å². The molecule has 6 nitrogen and oxygen atoms in total. The summed E-state index contributed by atoms with van der Waals surface area (Å²) in [7, 11) is 0. The van der Waals surface area contributed by atoms with E-state index in [0.29, 0.717) is 34.7 Å². The summed E-state index contributed by atoms with van der Waals surface area (Å²) in [4.78, 5) is 18.1. The molecule has 1 aliphatic carbocycles. The molecule has 1 saturated carbocycles. The predicted molar refractivity (Wildman–Crippen MR) is 66.6 cm³/mol. The number of rotatable bonds is 2. The lowest BCUT2D eigenvalue weighted by molar-refractivity contribution is 0.377. The second-order valence-corrected chi connectivity index (χ2v) is 5.00. The zero-order valence-corrected chi connectivity index (χ0v) is 10.2. The highest BCUT2D eigenvalue weighted by atomic mass is 16.5. The van der Waals surface area contributed by atoms with E-state index < -0.39 is 5.76 Å². The van der Waals surface area contributed by atoms with Crippen LogP contribution in [-0.4, -0.2) is 15.1 Å². The minimum Gasteiger partial charge on any atom is -0.408 e. The van der Waals surface area contributed by atoms with Gasteiger partial charge in [-0.3, -0.25) is 4.98 Å². The van der Waals surface area contributed by atoms with Crippen molar-refractivity contribution in [1.82, 2.24) is 15.1 Å². The van der Waals surface area contributed by atoms with Gasteiger partial charge < -0.3 is 8.94 Å². The Balaban J connectivity index is 1.76. The number of H-pyrrole nitrogens is 1. The number of benzene rings is 1. The van der Waals surface area contributed by atoms with Gasteiger partial charge in [-0.2, -0.15) is 4.98 Å². The number of hydrogen-bond acceptors (Lipinski definition) is 5. The molecule has 0 bridgehead atoms. The average Bonchev–Trinajstić information content (AvgIpc) is 2.82. The summed E-state index contributed by atoms with van der Waals surface area (Å²) in [5.41, 5.74) is 1.95. The van der Waals surface area contributed by atoms with E-state index in [1.54, 1.807) is 12.1 Å². The number of aromatic amines is 1. The lowest BCUT2D eigenvalue weighted by Crippen LogP contribution is -1.92. The molecule has 1 N–H and O–H groups in total. The Morgan fingerprint density at radius 2 is 2.26 bits per heavy atom. The first-order valence-corrected chi connectivity index (χ1v) is 6.17. The molecule has 0 aliphatic heterocycles. The number of aromatic nitrogens is 3. The molecule has 2 heterocycles. The van der Waals surface area contributed by atoms with Gasteiger partial charge in [0.1, 0.15) is 0 Å². The second kappa shape index (κ2) is 3.57. The summed E-state index contributed by atoms with van der Waals surface area (Å²) in [5, 5.41) is 3.99. The SMILES string of the molecule is CC1CC1c1nc(-c2ccc3oc(=O)[nH]c3c2)no1. The molecule has 2 atom stereocenters. The highest BCUT2D eigenvalue weighted by Crippen LogP contribution is 2.46. The normalized spacial score (nSPS) is 21.9. The first-order valence-electron chi connectivity index (χ1n) is 6.17. The van der Waals surface area contributed by atoms with Gasteiger partial charge in [0.2, 0.25) is 11.7 Å². The van der Waals surface area contributed by atoms with Crippen LogP contribution in [0.15, 0.2) is 31.9 Å². The Bertz CT molecular complexity index is 814. The number of oxazole rings is 1. The van der Waals surface area contributed by atoms with Gasteiger partial charge in [0.05, 0.1) is 5.52 Å². The number of hydrogen-bond donors (Lipinski definition) is 1. The van der Waals surface area contributed by atoms with Crippen LogP contribution in [0.1, 0.15) is 25.2 Å². The summed E-state index contributed by atoms with van der Waals surface area (Å²) in [6.07, 6.45) is 1.11. The zero-order valence-electron chi connectivity index (χ0n) is 10.2. The Morgan fingerprint density at radius 3 is 3.05 bits per heavy atom. The van der Waals surface area contributed by atoms with Crippen molar-refractivity contribution in [2.24, 2.45) is 5.92 Å². The fourth-order valence-corrected chi connectivity index (χ4v) is 2.26. The topological polar surface area (TPSA) is 84.9 Å². The van der Waals surface area contributed by atoms with Gasteiger partial charge in [0, 0.05) is 11.5 Å². The largest absolute Gasteiger partial charge is 0.417 e. The van der Waals surface area contributed by atoms with Crippen LogP contribution >= 0.6 is 0 Å². The van der Waals surface area contributed by atoms with E-state index in [1.165, 1.54) is 0 Å². The third kappa shape index (κ3) is 1.68. The standard InChI is InChI=1S/C13H11N3O3/c1-6-4-8(6)12-15-11(16-19-12)7-2-3-10-9(5-7)14-13(17)18-10/h2-3,5-6,8H,4H2,1H3,(H,14,17). The smallest absolute Gasteiger partial charge is 0.408 e. The van der Waals surface area contributed by atoms with Crippen LogP contribution in [0.5, 0.6) is 0 Å². The first-order chi connectivity index (χ1) is 9.20. The molecular weight excluding hydrogens is 246 g/mol. The van der Waals surface area contributed by atoms with Crippen molar-refractivity contribution in [3.63, 3.8) is 0 Å². The highest BCUT2D eigenvalue weighted by molar-refractivity contribution is 5.78. The van der Waals surface area contributed by atoms with E-state index in [9.17, 15) is 4.79 Å². The Morgan fingerprint density at radius 1 is 1.42 bits per heavy atom. The Hall–Kier alpha value is -2.37. The summed E-state index contributed by atoms with van der Waals surface area (Å²) in [6.45, 7) is 2.16. The van der Waals surface area contributed by atoms with Crippen LogP contribution in [-0.2, 0) is 0 Å². The number of nitrogens with one attached hydrogen (secondary N) is 1. The summed E-state index contributed by atoms with van der Waals surface area (Å²) in [5.74, 6) is 1.80. The maximum absolute atomic E-state index is 11.1. The van der Waals surface area contributed by atoms with Crippen molar-refractivity contribution in [3.8, 4) is 11.4 Å². The molecule has 1 fully saturated rings. The van der Waals surface area contributed by atoms with Gasteiger partial charge in [0.25, 0.3) is 0 Å². The fourth-order valence-electron chi connectivity index (χ4n) is 2.26. The third-order valence-corrected chi connectivity index (χ3v) is 3.55. The monoisotopic (exact) mass is 257 g/mol. The van der Waals surface area contributed by atoms with Crippen molar-refractivity contribution in [2.45, 2.75) is 19.3 Å². The third-order valence-electron chi connectivity index (χ3n) is 3.55. The van der Waals surface area contributed by atoms with Gasteiger partial charge >= 0.3 is 5.76 Å². The fraction of sp³-hybridized carbons (Fsp3) is 0.308. The molecule has 3 aromatic rings. The van der Waals surface area contributed by atoms with E-state index >= 15 is 0 Å². The molecule has 2 unspecified atom stereocenters. The first kappa shape index (κ1) is 10.5. The van der Waals surface area contributed by atoms with E-state index in [2.05, 4.69) is 22.0 Å².